The second-order valence-corrected chi connectivity index (χ2v) is 3.80. The number of rotatable bonds is 2. The van der Waals surface area contributed by atoms with Crippen LogP contribution in [0.3, 0.4) is 0 Å². The molecule has 0 spiro atoms. The molecule has 13 heavy (non-hydrogen) atoms. The van der Waals surface area contributed by atoms with Crippen LogP contribution in [0, 0.1) is 5.92 Å². The Morgan fingerprint density at radius 1 is 1.31 bits per heavy atom. The average molecular weight is 186 g/mol. The molecule has 4 heteroatoms. The van der Waals surface area contributed by atoms with Gasteiger partial charge in [0.2, 0.25) is 5.91 Å². The fourth-order valence-corrected chi connectivity index (χ4v) is 1.95. The molecule has 1 saturated carbocycles. The van der Waals surface area contributed by atoms with Crippen LogP contribution < -0.4 is 11.5 Å². The summed E-state index contributed by atoms with van der Waals surface area (Å²) >= 11 is 0. The smallest absolute Gasteiger partial charge is 0.234 e. The van der Waals surface area contributed by atoms with Crippen LogP contribution in [-0.4, -0.2) is 23.2 Å². The van der Waals surface area contributed by atoms with Crippen molar-refractivity contribution in [1.29, 1.82) is 0 Å². The predicted octanol–water partition coefficient (Wildman–Crippen LogP) is -0.260. The topological polar surface area (TPSA) is 89.3 Å². The Kier molecular flexibility index (Phi) is 3.69. The minimum absolute atomic E-state index is 0.139. The Labute approximate surface area is 78.3 Å². The lowest BCUT2D eigenvalue weighted by molar-refractivity contribution is -0.121. The molecule has 0 aliphatic heterocycles. The molecule has 0 aromatic heterocycles. The molecule has 1 aliphatic carbocycles. The molecule has 5 N–H and O–H groups in total. The monoisotopic (exact) mass is 186 g/mol. The first kappa shape index (κ1) is 10.5. The molecule has 0 aromatic rings. The zero-order valence-corrected chi connectivity index (χ0v) is 7.78. The van der Waals surface area contributed by atoms with E-state index >= 15 is 0 Å². The number of amides is 1. The van der Waals surface area contributed by atoms with E-state index in [9.17, 15) is 9.90 Å². The van der Waals surface area contributed by atoms with Crippen LogP contribution in [0.5, 0.6) is 0 Å². The Morgan fingerprint density at radius 2 is 1.92 bits per heavy atom. The van der Waals surface area contributed by atoms with Gasteiger partial charge in [-0.1, -0.05) is 19.3 Å². The molecule has 0 saturated heterocycles. The van der Waals surface area contributed by atoms with Gasteiger partial charge in [0, 0.05) is 5.92 Å². The van der Waals surface area contributed by atoms with Crippen molar-refractivity contribution < 1.29 is 9.90 Å². The number of aliphatic hydroxyl groups excluding tert-OH is 1. The molecule has 0 heterocycles. The third kappa shape index (κ3) is 2.67. The van der Waals surface area contributed by atoms with Crippen molar-refractivity contribution in [3.05, 3.63) is 0 Å². The molecule has 1 aliphatic rings. The van der Waals surface area contributed by atoms with Crippen LogP contribution in [0.2, 0.25) is 0 Å². The van der Waals surface area contributed by atoms with E-state index in [4.69, 9.17) is 11.5 Å². The highest BCUT2D eigenvalue weighted by atomic mass is 16.3. The van der Waals surface area contributed by atoms with E-state index in [2.05, 4.69) is 0 Å². The molecule has 1 fully saturated rings. The molecule has 4 nitrogen and oxygen atoms in total. The van der Waals surface area contributed by atoms with Crippen LogP contribution in [0.1, 0.15) is 32.1 Å². The number of aliphatic hydroxyl groups is 1. The highest BCUT2D eigenvalue weighted by Gasteiger charge is 2.30. The lowest BCUT2D eigenvalue weighted by Crippen LogP contribution is -2.46. The summed E-state index contributed by atoms with van der Waals surface area (Å²) in [5.74, 6) is -0.647. The van der Waals surface area contributed by atoms with Crippen molar-refractivity contribution in [2.75, 3.05) is 0 Å². The standard InChI is InChI=1S/C9H18N2O2/c10-8(9(11)13)6-4-2-1-3-5-7(6)12/h6-8,12H,1-5,10H2,(H2,11,13). The normalized spacial score (nSPS) is 32.2. The summed E-state index contributed by atoms with van der Waals surface area (Å²) in [4.78, 5) is 10.8. The molecule has 1 amide bonds. The minimum Gasteiger partial charge on any atom is -0.393 e. The summed E-state index contributed by atoms with van der Waals surface area (Å²) in [5.41, 5.74) is 10.7. The quantitative estimate of drug-likeness (QED) is 0.519. The van der Waals surface area contributed by atoms with Crippen molar-refractivity contribution in [3.63, 3.8) is 0 Å². The predicted molar refractivity (Wildman–Crippen MR) is 49.8 cm³/mol. The SMILES string of the molecule is NC(=O)C(N)C1CCCCCC1O. The maximum atomic E-state index is 10.8. The molecule has 0 radical (unpaired) electrons. The zero-order chi connectivity index (χ0) is 9.84. The number of hydrogen-bond acceptors (Lipinski definition) is 3. The third-order valence-electron chi connectivity index (χ3n) is 2.82. The van der Waals surface area contributed by atoms with Gasteiger partial charge in [-0.2, -0.15) is 0 Å². The molecule has 76 valence electrons. The van der Waals surface area contributed by atoms with Crippen molar-refractivity contribution in [2.24, 2.45) is 17.4 Å². The number of hydrogen-bond donors (Lipinski definition) is 3. The van der Waals surface area contributed by atoms with Crippen molar-refractivity contribution in [1.82, 2.24) is 0 Å². The van der Waals surface area contributed by atoms with Crippen molar-refractivity contribution in [2.45, 2.75) is 44.2 Å². The van der Waals surface area contributed by atoms with Crippen LogP contribution in [0.4, 0.5) is 0 Å². The minimum atomic E-state index is -0.687. The number of carbonyl (C=O) groups is 1. The van der Waals surface area contributed by atoms with Crippen molar-refractivity contribution in [3.8, 4) is 0 Å². The van der Waals surface area contributed by atoms with Gasteiger partial charge >= 0.3 is 0 Å². The molecule has 3 unspecified atom stereocenters. The Hall–Kier alpha value is -0.610. The molecular weight excluding hydrogens is 168 g/mol. The summed E-state index contributed by atoms with van der Waals surface area (Å²) in [6.45, 7) is 0. The van der Waals surface area contributed by atoms with Gasteiger partial charge in [0.15, 0.2) is 0 Å². The first-order valence-electron chi connectivity index (χ1n) is 4.86. The number of carbonyl (C=O) groups excluding carboxylic acids is 1. The molecule has 3 atom stereocenters. The zero-order valence-electron chi connectivity index (χ0n) is 7.78. The first-order valence-corrected chi connectivity index (χ1v) is 4.86. The maximum absolute atomic E-state index is 10.8. The fourth-order valence-electron chi connectivity index (χ4n) is 1.95. The molecule has 1 rings (SSSR count). The van der Waals surface area contributed by atoms with Gasteiger partial charge in [-0.15, -0.1) is 0 Å². The summed E-state index contributed by atoms with van der Waals surface area (Å²) in [5, 5.41) is 9.68. The van der Waals surface area contributed by atoms with E-state index in [-0.39, 0.29) is 5.92 Å². The van der Waals surface area contributed by atoms with Crippen LogP contribution in [0.25, 0.3) is 0 Å². The van der Waals surface area contributed by atoms with Crippen LogP contribution in [0.15, 0.2) is 0 Å². The summed E-state index contributed by atoms with van der Waals surface area (Å²) in [6.07, 6.45) is 4.26. The Morgan fingerprint density at radius 3 is 2.54 bits per heavy atom. The van der Waals surface area contributed by atoms with Crippen LogP contribution in [-0.2, 0) is 4.79 Å². The van der Waals surface area contributed by atoms with Gasteiger partial charge in [-0.05, 0) is 12.8 Å². The highest BCUT2D eigenvalue weighted by Crippen LogP contribution is 2.25. The van der Waals surface area contributed by atoms with Gasteiger partial charge in [0.25, 0.3) is 0 Å². The largest absolute Gasteiger partial charge is 0.393 e. The van der Waals surface area contributed by atoms with Gasteiger partial charge < -0.3 is 16.6 Å². The van der Waals surface area contributed by atoms with Gasteiger partial charge in [-0.3, -0.25) is 4.79 Å². The Bertz CT molecular complexity index is 184. The summed E-state index contributed by atoms with van der Waals surface area (Å²) < 4.78 is 0. The van der Waals surface area contributed by atoms with E-state index in [0.29, 0.717) is 0 Å². The summed E-state index contributed by atoms with van der Waals surface area (Å²) in [6, 6.07) is -0.687. The second-order valence-electron chi connectivity index (χ2n) is 3.80. The lowest BCUT2D eigenvalue weighted by atomic mass is 9.89. The molecule has 0 bridgehead atoms. The van der Waals surface area contributed by atoms with E-state index < -0.39 is 18.1 Å². The third-order valence-corrected chi connectivity index (χ3v) is 2.82. The number of primary amides is 1. The van der Waals surface area contributed by atoms with Gasteiger partial charge in [0.05, 0.1) is 12.1 Å². The first-order chi connectivity index (χ1) is 6.13. The van der Waals surface area contributed by atoms with E-state index in [1.165, 1.54) is 0 Å². The molecule has 0 aromatic carbocycles. The maximum Gasteiger partial charge on any atom is 0.234 e. The fraction of sp³-hybridized carbons (Fsp3) is 0.889. The van der Waals surface area contributed by atoms with E-state index in [1.807, 2.05) is 0 Å². The number of nitrogens with two attached hydrogens (primary N) is 2. The van der Waals surface area contributed by atoms with Gasteiger partial charge in [-0.25, -0.2) is 0 Å². The molecular formula is C9H18N2O2. The van der Waals surface area contributed by atoms with E-state index in [1.54, 1.807) is 0 Å². The Balaban J connectivity index is 2.58. The highest BCUT2D eigenvalue weighted by molar-refractivity contribution is 5.80. The average Bonchev–Trinajstić information content (AvgIpc) is 2.28. The summed E-state index contributed by atoms with van der Waals surface area (Å²) in [7, 11) is 0. The second kappa shape index (κ2) is 4.58. The lowest BCUT2D eigenvalue weighted by Gasteiger charge is -2.24. The van der Waals surface area contributed by atoms with Gasteiger partial charge in [0.1, 0.15) is 0 Å². The van der Waals surface area contributed by atoms with E-state index in [0.717, 1.165) is 32.1 Å². The van der Waals surface area contributed by atoms with Crippen molar-refractivity contribution >= 4 is 5.91 Å². The van der Waals surface area contributed by atoms with Crippen LogP contribution >= 0.6 is 0 Å².